The number of fused-ring (bicyclic) bond motifs is 1. The zero-order valence-corrected chi connectivity index (χ0v) is 10.9. The second-order valence-electron chi connectivity index (χ2n) is 3.56. The van der Waals surface area contributed by atoms with Crippen LogP contribution in [0, 0.1) is 40.7 Å². The summed E-state index contributed by atoms with van der Waals surface area (Å²) >= 11 is -3.56. The summed E-state index contributed by atoms with van der Waals surface area (Å²) < 4.78 is 104. The standard InChI is InChI=1S/C10F7.Ca.FH/c11-2-1-3(12)6(13)5-4(2)7(14)9(16)10(17)8(5)15;;/h;;1H/q;+1;/p-1. The Bertz CT molecular complexity index is 696. The fourth-order valence-corrected chi connectivity index (χ4v) is 2.54. The number of hydrogen-bond acceptors (Lipinski definition) is 0. The first-order valence-corrected chi connectivity index (χ1v) is 6.63. The summed E-state index contributed by atoms with van der Waals surface area (Å²) in [7, 11) is 0. The Hall–Kier alpha value is -0.600. The number of benzene rings is 2. The number of rotatable bonds is 1. The van der Waals surface area contributed by atoms with Crippen molar-refractivity contribution in [1.29, 1.82) is 0 Å². The Morgan fingerprint density at radius 3 is 1.26 bits per heavy atom. The van der Waals surface area contributed by atoms with E-state index in [2.05, 4.69) is 0 Å². The topological polar surface area (TPSA) is 0 Å². The Morgan fingerprint density at radius 2 is 0.842 bits per heavy atom. The van der Waals surface area contributed by atoms with E-state index in [4.69, 9.17) is 0 Å². The van der Waals surface area contributed by atoms with Crippen LogP contribution in [0.5, 0.6) is 0 Å². The van der Waals surface area contributed by atoms with Crippen LogP contribution in [0.15, 0.2) is 0 Å². The second-order valence-corrected chi connectivity index (χ2v) is 5.08. The zero-order chi connectivity index (χ0) is 14.5. The van der Waals surface area contributed by atoms with Gasteiger partial charge >= 0.3 is 120 Å². The molecular formula is C10CaF8. The first kappa shape index (κ1) is 14.8. The van der Waals surface area contributed by atoms with Gasteiger partial charge in [-0.15, -0.1) is 0 Å². The van der Waals surface area contributed by atoms with Gasteiger partial charge in [-0.2, -0.15) is 0 Å². The van der Waals surface area contributed by atoms with Crippen LogP contribution >= 0.6 is 0 Å². The summed E-state index contributed by atoms with van der Waals surface area (Å²) in [5.74, 6) is -15.4. The summed E-state index contributed by atoms with van der Waals surface area (Å²) in [6, 6.07) is 0. The van der Waals surface area contributed by atoms with E-state index in [1.807, 2.05) is 0 Å². The first-order chi connectivity index (χ1) is 8.82. The van der Waals surface area contributed by atoms with Gasteiger partial charge in [0, 0.05) is 0 Å². The van der Waals surface area contributed by atoms with Crippen molar-refractivity contribution < 1.29 is 32.1 Å². The van der Waals surface area contributed by atoms with E-state index in [1.165, 1.54) is 0 Å². The van der Waals surface area contributed by atoms with E-state index in [9.17, 15) is 32.1 Å². The van der Waals surface area contributed by atoms with Crippen molar-refractivity contribution in [2.45, 2.75) is 0 Å². The molecule has 0 aliphatic heterocycles. The maximum atomic E-state index is 13.6. The van der Waals surface area contributed by atoms with E-state index < -0.39 is 87.8 Å². The predicted molar refractivity (Wildman–Crippen MR) is 50.1 cm³/mol. The fourth-order valence-electron chi connectivity index (χ4n) is 1.65. The molecule has 0 N–H and O–H groups in total. The average molecular weight is 312 g/mol. The summed E-state index contributed by atoms with van der Waals surface area (Å²) in [5.41, 5.74) is 0. The van der Waals surface area contributed by atoms with Crippen molar-refractivity contribution in [3.63, 3.8) is 0 Å². The molecule has 0 atom stereocenters. The Kier molecular flexibility index (Phi) is 3.94. The quantitative estimate of drug-likeness (QED) is 0.329. The van der Waals surface area contributed by atoms with Crippen molar-refractivity contribution >= 4 is 47.0 Å². The maximum absolute atomic E-state index is 13.6. The molecule has 2 rings (SSSR count). The summed E-state index contributed by atoms with van der Waals surface area (Å²) in [6.45, 7) is 0. The Balaban J connectivity index is 3.18. The first-order valence-electron chi connectivity index (χ1n) is 4.69. The van der Waals surface area contributed by atoms with Gasteiger partial charge in [0.2, 0.25) is 0 Å². The molecule has 0 unspecified atom stereocenters. The molecule has 0 saturated carbocycles. The van der Waals surface area contributed by atoms with Crippen LogP contribution in [0.1, 0.15) is 0 Å². The van der Waals surface area contributed by atoms with Gasteiger partial charge in [0.1, 0.15) is 0 Å². The van der Waals surface area contributed by atoms with Gasteiger partial charge in [-0.1, -0.05) is 0 Å². The van der Waals surface area contributed by atoms with E-state index >= 15 is 0 Å². The van der Waals surface area contributed by atoms with Crippen LogP contribution in [-0.4, -0.2) is 34.6 Å². The molecule has 9 heteroatoms. The van der Waals surface area contributed by atoms with E-state index in [0.717, 1.165) is 0 Å². The SMILES string of the molecule is [F][Ca][c]1c(F)c(F)c2c(F)c(F)c(F)c(F)c2c1F. The van der Waals surface area contributed by atoms with E-state index in [1.54, 1.807) is 0 Å². The van der Waals surface area contributed by atoms with Crippen LogP contribution in [0.3, 0.4) is 0 Å². The molecule has 0 aromatic heterocycles. The average Bonchev–Trinajstić information content (AvgIpc) is 2.38. The summed E-state index contributed by atoms with van der Waals surface area (Å²) in [4.78, 5) is 0. The van der Waals surface area contributed by atoms with Crippen LogP contribution < -0.4 is 1.66 Å². The van der Waals surface area contributed by atoms with Gasteiger partial charge in [0.05, 0.1) is 0 Å². The summed E-state index contributed by atoms with van der Waals surface area (Å²) in [5, 5.41) is -3.35. The molecule has 0 aliphatic carbocycles. The number of hydrogen-bond donors (Lipinski definition) is 0. The van der Waals surface area contributed by atoms with Crippen molar-refractivity contribution in [3.8, 4) is 0 Å². The van der Waals surface area contributed by atoms with Gasteiger partial charge in [-0.3, -0.25) is 0 Å². The molecule has 19 heavy (non-hydrogen) atoms. The Morgan fingerprint density at radius 1 is 0.474 bits per heavy atom. The molecule has 0 radical (unpaired) electrons. The van der Waals surface area contributed by atoms with Gasteiger partial charge < -0.3 is 0 Å². The third kappa shape index (κ3) is 2.00. The molecule has 98 valence electrons. The Labute approximate surface area is 119 Å². The normalized spacial score (nSPS) is 10.9. The van der Waals surface area contributed by atoms with E-state index in [-0.39, 0.29) is 0 Å². The predicted octanol–water partition coefficient (Wildman–Crippen LogP) is 3.03. The molecular weight excluding hydrogens is 312 g/mol. The van der Waals surface area contributed by atoms with Gasteiger partial charge in [-0.05, 0) is 0 Å². The minimum atomic E-state index is -3.56. The number of halogens is 8. The van der Waals surface area contributed by atoms with Crippen LogP contribution in [-0.2, 0) is 0 Å². The molecule has 0 aliphatic rings. The molecule has 0 fully saturated rings. The fraction of sp³-hybridized carbons (Fsp3) is 0. The van der Waals surface area contributed by atoms with Gasteiger partial charge in [0.15, 0.2) is 0 Å². The third-order valence-corrected chi connectivity index (χ3v) is 3.95. The van der Waals surface area contributed by atoms with Gasteiger partial charge in [0.25, 0.3) is 0 Å². The zero-order valence-electron chi connectivity index (χ0n) is 8.73. The monoisotopic (exact) mass is 312 g/mol. The molecule has 0 bridgehead atoms. The van der Waals surface area contributed by atoms with Gasteiger partial charge in [-0.25, -0.2) is 0 Å². The van der Waals surface area contributed by atoms with Crippen molar-refractivity contribution in [2.75, 3.05) is 0 Å². The molecule has 0 heterocycles. The van der Waals surface area contributed by atoms with Crippen molar-refractivity contribution in [3.05, 3.63) is 40.7 Å². The summed E-state index contributed by atoms with van der Waals surface area (Å²) in [6.07, 6.45) is 0. The second kappa shape index (κ2) is 5.06. The van der Waals surface area contributed by atoms with Crippen LogP contribution in [0.25, 0.3) is 10.8 Å². The minimum absolute atomic E-state index is 1.35. The van der Waals surface area contributed by atoms with Crippen molar-refractivity contribution in [1.82, 2.24) is 0 Å². The molecule has 0 saturated heterocycles. The molecule has 2 aromatic rings. The van der Waals surface area contributed by atoms with Crippen molar-refractivity contribution in [2.24, 2.45) is 0 Å². The molecule has 0 amide bonds. The van der Waals surface area contributed by atoms with Crippen LogP contribution in [0.4, 0.5) is 32.1 Å². The molecule has 0 nitrogen and oxygen atoms in total. The van der Waals surface area contributed by atoms with Crippen LogP contribution in [0.2, 0.25) is 0 Å². The molecule has 2 aromatic carbocycles. The third-order valence-electron chi connectivity index (χ3n) is 2.56. The molecule has 0 spiro atoms. The van der Waals surface area contributed by atoms with E-state index in [0.29, 0.717) is 0 Å².